The van der Waals surface area contributed by atoms with Crippen molar-refractivity contribution in [3.63, 3.8) is 0 Å². The van der Waals surface area contributed by atoms with Crippen molar-refractivity contribution >= 4 is 7.05 Å². The Morgan fingerprint density at radius 1 is 1.28 bits per heavy atom. The molecule has 96 valence electrons. The molecule has 1 N–H and O–H groups in total. The highest BCUT2D eigenvalue weighted by Gasteiger charge is 2.44. The van der Waals surface area contributed by atoms with E-state index in [1.807, 2.05) is 6.82 Å². The molecule has 1 aliphatic heterocycles. The van der Waals surface area contributed by atoms with Crippen LogP contribution < -0.4 is 0 Å². The second-order valence-electron chi connectivity index (χ2n) is 6.14. The van der Waals surface area contributed by atoms with Gasteiger partial charge in [-0.2, -0.15) is 0 Å². The number of benzene rings is 1. The lowest BCUT2D eigenvalue weighted by Gasteiger charge is -2.41. The lowest BCUT2D eigenvalue weighted by molar-refractivity contribution is 0.210. The number of fused-ring (bicyclic) bond motifs is 2. The lowest BCUT2D eigenvalue weighted by Crippen LogP contribution is -2.47. The molecule has 18 heavy (non-hydrogen) atoms. The van der Waals surface area contributed by atoms with Crippen LogP contribution in [-0.2, 0) is 5.41 Å². The van der Waals surface area contributed by atoms with Crippen LogP contribution >= 0.6 is 0 Å². The summed E-state index contributed by atoms with van der Waals surface area (Å²) in [6.45, 7) is 6.29. The normalized spacial score (nSPS) is 26.3. The molecule has 0 saturated carbocycles. The Labute approximate surface area is 110 Å². The zero-order valence-corrected chi connectivity index (χ0v) is 11.4. The minimum absolute atomic E-state index is 0.295. The largest absolute Gasteiger partial charge is 0.437 e. The van der Waals surface area contributed by atoms with Gasteiger partial charge in [0.15, 0.2) is 0 Å². The molecule has 2 aliphatic rings. The Balaban J connectivity index is 1.87. The first-order chi connectivity index (χ1) is 8.62. The molecule has 1 atom stereocenters. The Hall–Kier alpha value is -0.795. The smallest absolute Gasteiger partial charge is 0.376 e. The number of nitrogens with zero attached hydrogens (tertiary/aromatic N) is 1. The van der Waals surface area contributed by atoms with Crippen LogP contribution in [0, 0.1) is 0 Å². The SMILES string of the molecule is CB(O)N1CCC2(CC1)CC(C)c1ccccc12. The van der Waals surface area contributed by atoms with Crippen LogP contribution in [0.15, 0.2) is 24.3 Å². The Kier molecular flexibility index (Phi) is 2.99. The molecule has 0 aromatic heterocycles. The first-order valence-electron chi connectivity index (χ1n) is 7.14. The van der Waals surface area contributed by atoms with Gasteiger partial charge in [-0.1, -0.05) is 31.2 Å². The zero-order valence-electron chi connectivity index (χ0n) is 11.4. The minimum atomic E-state index is -0.295. The Morgan fingerprint density at radius 2 is 1.94 bits per heavy atom. The van der Waals surface area contributed by atoms with E-state index >= 15 is 0 Å². The van der Waals surface area contributed by atoms with E-state index in [0.717, 1.165) is 13.1 Å². The third-order valence-electron chi connectivity index (χ3n) is 5.04. The van der Waals surface area contributed by atoms with E-state index in [-0.39, 0.29) is 7.05 Å². The predicted molar refractivity (Wildman–Crippen MR) is 75.8 cm³/mol. The van der Waals surface area contributed by atoms with Crippen molar-refractivity contribution in [2.24, 2.45) is 0 Å². The van der Waals surface area contributed by atoms with Crippen LogP contribution in [-0.4, -0.2) is 30.0 Å². The fraction of sp³-hybridized carbons (Fsp3) is 0.600. The number of piperidine rings is 1. The molecule has 1 saturated heterocycles. The lowest BCUT2D eigenvalue weighted by atomic mass is 9.70. The van der Waals surface area contributed by atoms with Crippen molar-refractivity contribution in [3.05, 3.63) is 35.4 Å². The minimum Gasteiger partial charge on any atom is -0.437 e. The quantitative estimate of drug-likeness (QED) is 0.766. The Morgan fingerprint density at radius 3 is 2.61 bits per heavy atom. The molecule has 1 unspecified atom stereocenters. The molecule has 1 aromatic carbocycles. The van der Waals surface area contributed by atoms with E-state index in [1.165, 1.54) is 19.3 Å². The van der Waals surface area contributed by atoms with Gasteiger partial charge in [0.05, 0.1) is 0 Å². The van der Waals surface area contributed by atoms with E-state index in [1.54, 1.807) is 11.1 Å². The third kappa shape index (κ3) is 1.81. The maximum absolute atomic E-state index is 9.68. The summed E-state index contributed by atoms with van der Waals surface area (Å²) in [4.78, 5) is 2.19. The topological polar surface area (TPSA) is 23.5 Å². The summed E-state index contributed by atoms with van der Waals surface area (Å²) < 4.78 is 0. The number of hydrogen-bond donors (Lipinski definition) is 1. The first kappa shape index (κ1) is 12.2. The zero-order chi connectivity index (χ0) is 12.8. The van der Waals surface area contributed by atoms with E-state index in [4.69, 9.17) is 0 Å². The van der Waals surface area contributed by atoms with Gasteiger partial charge in [-0.15, -0.1) is 0 Å². The number of hydrogen-bond acceptors (Lipinski definition) is 2. The summed E-state index contributed by atoms with van der Waals surface area (Å²) in [6, 6.07) is 8.98. The maximum Gasteiger partial charge on any atom is 0.376 e. The van der Waals surface area contributed by atoms with Crippen LogP contribution in [0.5, 0.6) is 0 Å². The molecule has 1 fully saturated rings. The van der Waals surface area contributed by atoms with Gasteiger partial charge in [0, 0.05) is 0 Å². The predicted octanol–water partition coefficient (Wildman–Crippen LogP) is 2.64. The van der Waals surface area contributed by atoms with Crippen LogP contribution in [0.4, 0.5) is 0 Å². The summed E-state index contributed by atoms with van der Waals surface area (Å²) >= 11 is 0. The van der Waals surface area contributed by atoms with Crippen molar-refractivity contribution < 1.29 is 5.02 Å². The van der Waals surface area contributed by atoms with Gasteiger partial charge < -0.3 is 9.83 Å². The molecular formula is C15H22BNO. The van der Waals surface area contributed by atoms with Gasteiger partial charge in [-0.25, -0.2) is 0 Å². The van der Waals surface area contributed by atoms with Crippen molar-refractivity contribution in [3.8, 4) is 0 Å². The van der Waals surface area contributed by atoms with E-state index in [0.29, 0.717) is 11.3 Å². The third-order valence-corrected chi connectivity index (χ3v) is 5.04. The first-order valence-corrected chi connectivity index (χ1v) is 7.14. The summed E-state index contributed by atoms with van der Waals surface area (Å²) in [5, 5.41) is 9.68. The molecule has 0 bridgehead atoms. The average Bonchev–Trinajstić information content (AvgIpc) is 2.64. The van der Waals surface area contributed by atoms with Crippen molar-refractivity contribution in [1.82, 2.24) is 4.81 Å². The maximum atomic E-state index is 9.68. The molecule has 0 radical (unpaired) electrons. The molecule has 3 heteroatoms. The van der Waals surface area contributed by atoms with Gasteiger partial charge in [-0.05, 0) is 61.6 Å². The highest BCUT2D eigenvalue weighted by Crippen LogP contribution is 2.51. The van der Waals surface area contributed by atoms with Crippen molar-refractivity contribution in [2.75, 3.05) is 13.1 Å². The molecule has 3 rings (SSSR count). The number of rotatable bonds is 1. The molecule has 1 aliphatic carbocycles. The monoisotopic (exact) mass is 243 g/mol. The summed E-state index contributed by atoms with van der Waals surface area (Å²) in [6.07, 6.45) is 3.68. The van der Waals surface area contributed by atoms with Gasteiger partial charge in [-0.3, -0.25) is 0 Å². The molecular weight excluding hydrogens is 221 g/mol. The van der Waals surface area contributed by atoms with Crippen LogP contribution in [0.1, 0.15) is 43.2 Å². The van der Waals surface area contributed by atoms with Gasteiger partial charge in [0.25, 0.3) is 0 Å². The molecule has 2 nitrogen and oxygen atoms in total. The Bertz CT molecular complexity index is 438. The van der Waals surface area contributed by atoms with Crippen LogP contribution in [0.2, 0.25) is 6.82 Å². The van der Waals surface area contributed by atoms with Gasteiger partial charge in [0.2, 0.25) is 0 Å². The fourth-order valence-corrected chi connectivity index (χ4v) is 4.01. The second kappa shape index (κ2) is 4.39. The fourth-order valence-electron chi connectivity index (χ4n) is 4.01. The van der Waals surface area contributed by atoms with Crippen LogP contribution in [0.3, 0.4) is 0 Å². The van der Waals surface area contributed by atoms with E-state index in [2.05, 4.69) is 36.0 Å². The summed E-state index contributed by atoms with van der Waals surface area (Å²) in [5.41, 5.74) is 3.53. The van der Waals surface area contributed by atoms with Crippen molar-refractivity contribution in [1.29, 1.82) is 0 Å². The highest BCUT2D eigenvalue weighted by molar-refractivity contribution is 6.45. The molecule has 1 spiro atoms. The van der Waals surface area contributed by atoms with E-state index in [9.17, 15) is 5.02 Å². The molecule has 1 heterocycles. The molecule has 0 amide bonds. The van der Waals surface area contributed by atoms with E-state index < -0.39 is 0 Å². The second-order valence-corrected chi connectivity index (χ2v) is 6.14. The summed E-state index contributed by atoms with van der Waals surface area (Å²) in [5.74, 6) is 0.694. The van der Waals surface area contributed by atoms with Crippen LogP contribution in [0.25, 0.3) is 0 Å². The summed E-state index contributed by atoms with van der Waals surface area (Å²) in [7, 11) is -0.295. The van der Waals surface area contributed by atoms with Gasteiger partial charge >= 0.3 is 7.05 Å². The average molecular weight is 243 g/mol. The standard InChI is InChI=1S/C15H22BNO/c1-12-11-15(14-6-4-3-5-13(12)14)7-9-17(10-8-15)16(2)18/h3-6,12,18H,7-11H2,1-2H3. The highest BCUT2D eigenvalue weighted by atomic mass is 16.2. The van der Waals surface area contributed by atoms with Crippen molar-refractivity contribution in [2.45, 2.75) is 44.3 Å². The van der Waals surface area contributed by atoms with Gasteiger partial charge in [0.1, 0.15) is 0 Å². The molecule has 1 aromatic rings.